The topological polar surface area (TPSA) is 0 Å². The Hall–Kier alpha value is -1.03. The molecule has 0 aliphatic rings. The Labute approximate surface area is 109 Å². The van der Waals surface area contributed by atoms with Crippen LogP contribution >= 0.6 is 0 Å². The molecule has 0 saturated carbocycles. The van der Waals surface area contributed by atoms with Crippen LogP contribution < -0.4 is 4.43 Å². The van der Waals surface area contributed by atoms with Gasteiger partial charge in [0.05, 0.1) is 0 Å². The minimum atomic E-state index is -0.665. The van der Waals surface area contributed by atoms with Gasteiger partial charge in [-0.15, -0.1) is 4.43 Å². The lowest BCUT2D eigenvalue weighted by molar-refractivity contribution is 1.33. The first kappa shape index (κ1) is 12.4. The molecule has 0 aromatic heterocycles. The second kappa shape index (κ2) is 6.05. The monoisotopic (exact) mass is 238 g/mol. The van der Waals surface area contributed by atoms with Gasteiger partial charge in [-0.25, -0.2) is 0 Å². The summed E-state index contributed by atoms with van der Waals surface area (Å²) in [5, 5.41) is 2.72. The normalized spacial score (nSPS) is 10.2. The van der Waals surface area contributed by atoms with Crippen molar-refractivity contribution in [3.8, 4) is 11.1 Å². The molecule has 1 heteroatoms. The van der Waals surface area contributed by atoms with Crippen LogP contribution in [0.5, 0.6) is 0 Å². The third kappa shape index (κ3) is 3.00. The lowest BCUT2D eigenvalue weighted by Crippen LogP contribution is -2.27. The van der Waals surface area contributed by atoms with E-state index in [1.807, 2.05) is 0 Å². The maximum atomic E-state index is 2.34. The Bertz CT molecular complexity index is 441. The smallest absolute Gasteiger partial charge is 0.110 e. The summed E-state index contributed by atoms with van der Waals surface area (Å²) in [6.07, 6.45) is 0. The predicted molar refractivity (Wildman–Crippen MR) is 78.2 cm³/mol. The van der Waals surface area contributed by atoms with Gasteiger partial charge in [-0.3, -0.25) is 0 Å². The van der Waals surface area contributed by atoms with Crippen LogP contribution in [0, 0.1) is 0 Å². The van der Waals surface area contributed by atoms with Crippen molar-refractivity contribution in [1.82, 2.24) is 0 Å². The molecule has 0 radical (unpaired) electrons. The van der Waals surface area contributed by atoms with Crippen molar-refractivity contribution >= 4 is 18.6 Å². The van der Waals surface area contributed by atoms with Crippen LogP contribution in [0.1, 0.15) is 13.8 Å². The molecule has 2 rings (SSSR count). The van der Waals surface area contributed by atoms with E-state index >= 15 is 0 Å². The maximum absolute atomic E-state index is 2.34. The molecule has 0 aliphatic heterocycles. The molecular weight excluding hydrogens is 219 g/mol. The first-order valence-electron chi connectivity index (χ1n) is 6.50. The summed E-state index contributed by atoms with van der Waals surface area (Å²) in [4.78, 5) is 0. The molecule has 0 nitrogen and oxygen atoms in total. The van der Waals surface area contributed by atoms with E-state index in [1.54, 1.807) is 4.43 Å². The molecule has 2 aromatic rings. The van der Waals surface area contributed by atoms with Crippen LogP contribution in [0.25, 0.3) is 11.1 Å². The van der Waals surface area contributed by atoms with Gasteiger partial charge in [0, 0.05) is 0 Å². The van der Waals surface area contributed by atoms with Crippen molar-refractivity contribution in [2.75, 3.05) is 0 Å². The molecule has 86 valence electrons. The molecular formula is C16H19Al. The first-order chi connectivity index (χ1) is 8.35. The van der Waals surface area contributed by atoms with Crippen LogP contribution in [-0.2, 0) is 0 Å². The van der Waals surface area contributed by atoms with E-state index in [-0.39, 0.29) is 0 Å². The average Bonchev–Trinajstić information content (AvgIpc) is 2.42. The van der Waals surface area contributed by atoms with Gasteiger partial charge < -0.3 is 0 Å². The summed E-state index contributed by atoms with van der Waals surface area (Å²) in [5.74, 6) is 0. The third-order valence-corrected chi connectivity index (χ3v) is 6.77. The van der Waals surface area contributed by atoms with Gasteiger partial charge in [-0.05, 0) is 11.1 Å². The minimum absolute atomic E-state index is 0.665. The largest absolute Gasteiger partial charge is 0.305 e. The van der Waals surface area contributed by atoms with Crippen molar-refractivity contribution in [2.45, 2.75) is 24.4 Å². The zero-order valence-corrected chi connectivity index (χ0v) is 11.8. The third-order valence-electron chi connectivity index (χ3n) is 3.47. The Morgan fingerprint density at radius 3 is 1.76 bits per heavy atom. The van der Waals surface area contributed by atoms with Crippen LogP contribution in [-0.4, -0.2) is 14.1 Å². The molecule has 0 unspecified atom stereocenters. The molecule has 0 bridgehead atoms. The summed E-state index contributed by atoms with van der Waals surface area (Å²) in [5.41, 5.74) is 2.64. The maximum Gasteiger partial charge on any atom is 0.305 e. The van der Waals surface area contributed by atoms with Gasteiger partial charge in [0.2, 0.25) is 0 Å². The van der Waals surface area contributed by atoms with Crippen molar-refractivity contribution in [3.05, 3.63) is 54.6 Å². The molecule has 0 amide bonds. The summed E-state index contributed by atoms with van der Waals surface area (Å²) < 4.78 is 1.61. The standard InChI is InChI=1S/C12H9.2C2H5.Al/c1-3-7-11(8-4-1)12-9-5-2-6-10-12;2*1-2;/h1,3-10H;2*1H2,2H3;. The fraction of sp³-hybridized carbons (Fsp3) is 0.250. The van der Waals surface area contributed by atoms with E-state index in [1.165, 1.54) is 21.7 Å². The summed E-state index contributed by atoms with van der Waals surface area (Å²) in [6, 6.07) is 19.8. The second-order valence-corrected chi connectivity index (χ2v) is 8.19. The zero-order chi connectivity index (χ0) is 12.1. The highest BCUT2D eigenvalue weighted by atomic mass is 27.2. The van der Waals surface area contributed by atoms with Gasteiger partial charge in [0.1, 0.15) is 0 Å². The highest BCUT2D eigenvalue weighted by molar-refractivity contribution is 6.73. The quantitative estimate of drug-likeness (QED) is 0.704. The molecule has 0 N–H and O–H groups in total. The van der Waals surface area contributed by atoms with Crippen molar-refractivity contribution in [3.63, 3.8) is 0 Å². The lowest BCUT2D eigenvalue weighted by Gasteiger charge is -2.08. The molecule has 0 heterocycles. The molecule has 0 aliphatic carbocycles. The predicted octanol–water partition coefficient (Wildman–Crippen LogP) is 4.10. The van der Waals surface area contributed by atoms with E-state index in [4.69, 9.17) is 0 Å². The van der Waals surface area contributed by atoms with Crippen molar-refractivity contribution in [2.24, 2.45) is 0 Å². The van der Waals surface area contributed by atoms with Gasteiger partial charge >= 0.3 is 14.1 Å². The highest BCUT2D eigenvalue weighted by Gasteiger charge is 2.14. The van der Waals surface area contributed by atoms with Gasteiger partial charge in [0.15, 0.2) is 0 Å². The van der Waals surface area contributed by atoms with Crippen LogP contribution in [0.2, 0.25) is 10.6 Å². The molecule has 2 aromatic carbocycles. The summed E-state index contributed by atoms with van der Waals surface area (Å²) in [6.45, 7) is 4.65. The molecule has 0 fully saturated rings. The molecule has 0 atom stereocenters. The number of rotatable bonds is 4. The highest BCUT2D eigenvalue weighted by Crippen LogP contribution is 2.17. The Morgan fingerprint density at radius 2 is 1.24 bits per heavy atom. The summed E-state index contributed by atoms with van der Waals surface area (Å²) in [7, 11) is 0. The zero-order valence-electron chi connectivity index (χ0n) is 10.7. The van der Waals surface area contributed by atoms with Gasteiger partial charge in [-0.2, -0.15) is 0 Å². The Morgan fingerprint density at radius 1 is 0.706 bits per heavy atom. The van der Waals surface area contributed by atoms with Gasteiger partial charge in [-0.1, -0.05) is 79.0 Å². The first-order valence-corrected chi connectivity index (χ1v) is 8.71. The van der Waals surface area contributed by atoms with Crippen LogP contribution in [0.3, 0.4) is 0 Å². The fourth-order valence-electron chi connectivity index (χ4n) is 2.34. The van der Waals surface area contributed by atoms with Gasteiger partial charge in [0.25, 0.3) is 0 Å². The number of hydrogen-bond donors (Lipinski definition) is 0. The van der Waals surface area contributed by atoms with E-state index in [9.17, 15) is 0 Å². The second-order valence-electron chi connectivity index (χ2n) is 4.50. The molecule has 0 spiro atoms. The van der Waals surface area contributed by atoms with Crippen molar-refractivity contribution < 1.29 is 0 Å². The molecule has 0 saturated heterocycles. The summed E-state index contributed by atoms with van der Waals surface area (Å²) >= 11 is -0.665. The van der Waals surface area contributed by atoms with Crippen LogP contribution in [0.4, 0.5) is 0 Å². The van der Waals surface area contributed by atoms with E-state index in [2.05, 4.69) is 68.4 Å². The average molecular weight is 238 g/mol. The number of benzene rings is 2. The Balaban J connectivity index is 2.24. The SMILES string of the molecule is C[CH2][Al]([CH2]C)[c]1ccc(-c2ccccc2)cc1. The van der Waals surface area contributed by atoms with E-state index in [0.29, 0.717) is 0 Å². The number of hydrogen-bond acceptors (Lipinski definition) is 0. The lowest BCUT2D eigenvalue weighted by atomic mass is 10.1. The minimum Gasteiger partial charge on any atom is -0.110 e. The Kier molecular flexibility index (Phi) is 4.43. The fourth-order valence-corrected chi connectivity index (χ4v) is 4.60. The van der Waals surface area contributed by atoms with E-state index in [0.717, 1.165) is 0 Å². The van der Waals surface area contributed by atoms with Crippen molar-refractivity contribution in [1.29, 1.82) is 0 Å². The van der Waals surface area contributed by atoms with E-state index < -0.39 is 14.1 Å². The molecule has 17 heavy (non-hydrogen) atoms. The van der Waals surface area contributed by atoms with Crippen LogP contribution in [0.15, 0.2) is 54.6 Å².